The fourth-order valence-electron chi connectivity index (χ4n) is 1.64. The van der Waals surface area contributed by atoms with Gasteiger partial charge in [0, 0.05) is 17.2 Å². The molecule has 1 aromatic rings. The number of hydrogen-bond acceptors (Lipinski definition) is 4. The average Bonchev–Trinajstić information content (AvgIpc) is 2.22. The van der Waals surface area contributed by atoms with Crippen molar-refractivity contribution < 1.29 is 14.6 Å². The van der Waals surface area contributed by atoms with Crippen molar-refractivity contribution in [3.05, 3.63) is 16.7 Å². The molecule has 0 saturated carbocycles. The van der Waals surface area contributed by atoms with Crippen molar-refractivity contribution in [3.63, 3.8) is 0 Å². The van der Waals surface area contributed by atoms with Crippen LogP contribution in [0.1, 0.15) is 19.4 Å². The van der Waals surface area contributed by atoms with Gasteiger partial charge in [0.25, 0.3) is 0 Å². The molecule has 0 unspecified atom stereocenters. The van der Waals surface area contributed by atoms with E-state index in [4.69, 9.17) is 26.8 Å². The Morgan fingerprint density at radius 3 is 2.35 bits per heavy atom. The summed E-state index contributed by atoms with van der Waals surface area (Å²) in [6.45, 7) is 3.75. The molecule has 5 heteroatoms. The minimum Gasteiger partial charge on any atom is -0.506 e. The highest BCUT2D eigenvalue weighted by atomic mass is 35.5. The number of halogens is 1. The molecule has 0 aliphatic carbocycles. The summed E-state index contributed by atoms with van der Waals surface area (Å²) in [5.74, 6) is 0.908. The number of phenols is 1. The molecule has 1 rings (SSSR count). The highest BCUT2D eigenvalue weighted by molar-refractivity contribution is 6.33. The molecule has 4 nitrogen and oxygen atoms in total. The van der Waals surface area contributed by atoms with Crippen molar-refractivity contribution in [1.29, 1.82) is 0 Å². The Labute approximate surface area is 106 Å². The van der Waals surface area contributed by atoms with Gasteiger partial charge in [0.15, 0.2) is 11.5 Å². The van der Waals surface area contributed by atoms with Crippen LogP contribution < -0.4 is 15.2 Å². The molecule has 0 saturated heterocycles. The van der Waals surface area contributed by atoms with Crippen LogP contribution in [0.4, 0.5) is 0 Å². The largest absolute Gasteiger partial charge is 0.506 e. The minimum absolute atomic E-state index is 0.0384. The predicted molar refractivity (Wildman–Crippen MR) is 68.2 cm³/mol. The summed E-state index contributed by atoms with van der Waals surface area (Å²) in [5.41, 5.74) is 6.15. The number of hydrogen-bond donors (Lipinski definition) is 2. The summed E-state index contributed by atoms with van der Waals surface area (Å²) in [6.07, 6.45) is 0.472. The van der Waals surface area contributed by atoms with Crippen molar-refractivity contribution in [2.24, 2.45) is 5.73 Å². The van der Waals surface area contributed by atoms with E-state index in [1.54, 1.807) is 0 Å². The van der Waals surface area contributed by atoms with Crippen LogP contribution in [0.2, 0.25) is 5.02 Å². The number of phenolic OH excluding ortho intramolecular Hbond substituents is 1. The molecule has 3 N–H and O–H groups in total. The van der Waals surface area contributed by atoms with Crippen LogP contribution in [0, 0.1) is 0 Å². The molecular weight excluding hydrogens is 242 g/mol. The number of nitrogens with two attached hydrogens (primary N) is 1. The molecule has 0 aromatic heterocycles. The molecular formula is C12H18ClNO3. The smallest absolute Gasteiger partial charge is 0.165 e. The SMILES string of the molecule is COc1cc(O)c(Cl)c(CC(C)(C)N)c1OC. The first kappa shape index (κ1) is 13.9. The highest BCUT2D eigenvalue weighted by Crippen LogP contribution is 2.42. The van der Waals surface area contributed by atoms with Crippen LogP contribution in [-0.2, 0) is 6.42 Å². The Balaban J connectivity index is 3.38. The summed E-state index contributed by atoms with van der Waals surface area (Å²) in [6, 6.07) is 1.42. The fourth-order valence-corrected chi connectivity index (χ4v) is 1.85. The molecule has 0 heterocycles. The van der Waals surface area contributed by atoms with Crippen molar-refractivity contribution in [1.82, 2.24) is 0 Å². The van der Waals surface area contributed by atoms with Gasteiger partial charge in [-0.15, -0.1) is 0 Å². The zero-order chi connectivity index (χ0) is 13.2. The van der Waals surface area contributed by atoms with Gasteiger partial charge in [-0.1, -0.05) is 11.6 Å². The zero-order valence-electron chi connectivity index (χ0n) is 10.5. The third-order valence-electron chi connectivity index (χ3n) is 2.31. The van der Waals surface area contributed by atoms with E-state index in [1.165, 1.54) is 20.3 Å². The predicted octanol–water partition coefficient (Wildman–Crippen LogP) is 2.34. The Hall–Kier alpha value is -1.13. The maximum Gasteiger partial charge on any atom is 0.165 e. The first-order valence-corrected chi connectivity index (χ1v) is 5.59. The van der Waals surface area contributed by atoms with Gasteiger partial charge in [-0.25, -0.2) is 0 Å². The number of ether oxygens (including phenoxy) is 2. The molecule has 0 atom stereocenters. The molecule has 1 aromatic carbocycles. The van der Waals surface area contributed by atoms with E-state index < -0.39 is 5.54 Å². The standard InChI is InChI=1S/C12H18ClNO3/c1-12(2,14)6-7-10(13)8(15)5-9(16-3)11(7)17-4/h5,15H,6,14H2,1-4H3. The molecule has 0 fully saturated rings. The second-order valence-corrected chi connectivity index (χ2v) is 4.97. The van der Waals surface area contributed by atoms with E-state index in [9.17, 15) is 5.11 Å². The first-order valence-electron chi connectivity index (χ1n) is 5.21. The van der Waals surface area contributed by atoms with Gasteiger partial charge in [0.2, 0.25) is 0 Å². The second kappa shape index (κ2) is 5.02. The summed E-state index contributed by atoms with van der Waals surface area (Å²) in [7, 11) is 3.03. The van der Waals surface area contributed by atoms with Crippen LogP contribution in [0.5, 0.6) is 17.2 Å². The summed E-state index contributed by atoms with van der Waals surface area (Å²) >= 11 is 6.07. The maximum absolute atomic E-state index is 9.72. The van der Waals surface area contributed by atoms with E-state index in [0.717, 1.165) is 0 Å². The third kappa shape index (κ3) is 3.17. The van der Waals surface area contributed by atoms with Gasteiger partial charge in [-0.05, 0) is 20.3 Å². The Kier molecular flexibility index (Phi) is 4.11. The number of rotatable bonds is 4. The molecule has 0 aliphatic rings. The van der Waals surface area contributed by atoms with Crippen molar-refractivity contribution in [2.45, 2.75) is 25.8 Å². The molecule has 17 heavy (non-hydrogen) atoms. The summed E-state index contributed by atoms with van der Waals surface area (Å²) < 4.78 is 10.4. The Morgan fingerprint density at radius 2 is 1.94 bits per heavy atom. The summed E-state index contributed by atoms with van der Waals surface area (Å²) in [4.78, 5) is 0. The summed E-state index contributed by atoms with van der Waals surface area (Å²) in [5, 5.41) is 9.97. The fraction of sp³-hybridized carbons (Fsp3) is 0.500. The van der Waals surface area contributed by atoms with Crippen LogP contribution >= 0.6 is 11.6 Å². The number of benzene rings is 1. The lowest BCUT2D eigenvalue weighted by Crippen LogP contribution is -2.34. The highest BCUT2D eigenvalue weighted by Gasteiger charge is 2.23. The second-order valence-electron chi connectivity index (χ2n) is 4.59. The van der Waals surface area contributed by atoms with E-state index in [-0.39, 0.29) is 10.8 Å². The number of methoxy groups -OCH3 is 2. The minimum atomic E-state index is -0.463. The van der Waals surface area contributed by atoms with E-state index in [1.807, 2.05) is 13.8 Å². The Morgan fingerprint density at radius 1 is 1.35 bits per heavy atom. The van der Waals surface area contributed by atoms with E-state index in [0.29, 0.717) is 23.5 Å². The lowest BCUT2D eigenvalue weighted by atomic mass is 9.95. The lowest BCUT2D eigenvalue weighted by molar-refractivity contribution is 0.345. The number of aromatic hydroxyl groups is 1. The van der Waals surface area contributed by atoms with Gasteiger partial charge in [0.1, 0.15) is 5.75 Å². The van der Waals surface area contributed by atoms with Gasteiger partial charge < -0.3 is 20.3 Å². The van der Waals surface area contributed by atoms with Crippen LogP contribution in [-0.4, -0.2) is 24.9 Å². The average molecular weight is 260 g/mol. The monoisotopic (exact) mass is 259 g/mol. The van der Waals surface area contributed by atoms with Crippen molar-refractivity contribution >= 4 is 11.6 Å². The molecule has 0 spiro atoms. The molecule has 0 aliphatic heterocycles. The quantitative estimate of drug-likeness (QED) is 0.871. The molecule has 0 radical (unpaired) electrons. The molecule has 96 valence electrons. The normalized spacial score (nSPS) is 11.4. The zero-order valence-corrected chi connectivity index (χ0v) is 11.3. The van der Waals surface area contributed by atoms with Crippen molar-refractivity contribution in [2.75, 3.05) is 14.2 Å². The van der Waals surface area contributed by atoms with E-state index in [2.05, 4.69) is 0 Å². The molecule has 0 amide bonds. The molecule has 0 bridgehead atoms. The maximum atomic E-state index is 9.72. The van der Waals surface area contributed by atoms with Gasteiger partial charge in [-0.3, -0.25) is 0 Å². The van der Waals surface area contributed by atoms with Gasteiger partial charge in [-0.2, -0.15) is 0 Å². The van der Waals surface area contributed by atoms with Crippen LogP contribution in [0.25, 0.3) is 0 Å². The van der Waals surface area contributed by atoms with Crippen molar-refractivity contribution in [3.8, 4) is 17.2 Å². The lowest BCUT2D eigenvalue weighted by Gasteiger charge is -2.22. The van der Waals surface area contributed by atoms with Gasteiger partial charge in [0.05, 0.1) is 19.2 Å². The topological polar surface area (TPSA) is 64.7 Å². The first-order chi connectivity index (χ1) is 7.80. The van der Waals surface area contributed by atoms with Gasteiger partial charge >= 0.3 is 0 Å². The van der Waals surface area contributed by atoms with E-state index >= 15 is 0 Å². The Bertz CT molecular complexity index is 413. The third-order valence-corrected chi connectivity index (χ3v) is 2.73. The van der Waals surface area contributed by atoms with Crippen LogP contribution in [0.3, 0.4) is 0 Å². The van der Waals surface area contributed by atoms with Crippen LogP contribution in [0.15, 0.2) is 6.07 Å².